The molecule has 0 aromatic rings. The summed E-state index contributed by atoms with van der Waals surface area (Å²) in [5.74, 6) is 1.06. The van der Waals surface area contributed by atoms with E-state index < -0.39 is 21.0 Å². The van der Waals surface area contributed by atoms with E-state index in [0.29, 0.717) is 30.6 Å². The van der Waals surface area contributed by atoms with Crippen LogP contribution in [0.3, 0.4) is 0 Å². The fourth-order valence-corrected chi connectivity index (χ4v) is 7.97. The Morgan fingerprint density at radius 2 is 1.81 bits per heavy atom. The molecule has 4 rings (SSSR count). The summed E-state index contributed by atoms with van der Waals surface area (Å²) in [4.78, 5) is 11.4. The molecule has 0 radical (unpaired) electrons. The highest BCUT2D eigenvalue weighted by Gasteiger charge is 2.61. The molecule has 3 unspecified atom stereocenters. The van der Waals surface area contributed by atoms with E-state index in [1.54, 1.807) is 6.08 Å². The summed E-state index contributed by atoms with van der Waals surface area (Å²) in [6.45, 7) is 5.64. The molecule has 0 aromatic carbocycles. The van der Waals surface area contributed by atoms with Gasteiger partial charge in [0.05, 0.1) is 0 Å². The standard InChI is InChI=1S/C22H31F3O5S/c1-13(26)29-15-8-10-20(2)14(12-15)4-5-16-17-6-7-19(21(17,3)11-9-18(16)20)30-31(27,28)22(23,24)25/h7,14-18H,4-6,8-12H2,1-3H3/t14-,15+,16?,17?,18?,20-,21-/m0/s1. The molecular formula is C22H31F3O5S. The Kier molecular flexibility index (Phi) is 5.46. The molecule has 4 aliphatic rings. The van der Waals surface area contributed by atoms with Crippen molar-refractivity contribution in [2.75, 3.05) is 0 Å². The fraction of sp³-hybridized carbons (Fsp3) is 0.864. The summed E-state index contributed by atoms with van der Waals surface area (Å²) in [7, 11) is -5.66. The second kappa shape index (κ2) is 7.39. The lowest BCUT2D eigenvalue weighted by atomic mass is 9.45. The van der Waals surface area contributed by atoms with Crippen molar-refractivity contribution in [1.29, 1.82) is 0 Å². The zero-order valence-electron chi connectivity index (χ0n) is 18.2. The van der Waals surface area contributed by atoms with Crippen LogP contribution in [0.15, 0.2) is 11.8 Å². The van der Waals surface area contributed by atoms with Crippen molar-refractivity contribution in [3.63, 3.8) is 0 Å². The number of hydrogen-bond acceptors (Lipinski definition) is 5. The molecule has 0 amide bonds. The lowest BCUT2D eigenvalue weighted by molar-refractivity contribution is -0.159. The highest BCUT2D eigenvalue weighted by Crippen LogP contribution is 2.66. The molecule has 0 aromatic heterocycles. The second-order valence-corrected chi connectivity index (χ2v) is 11.9. The van der Waals surface area contributed by atoms with Gasteiger partial charge in [0.15, 0.2) is 0 Å². The monoisotopic (exact) mass is 464 g/mol. The normalized spacial score (nSPS) is 42.6. The molecule has 0 saturated heterocycles. The van der Waals surface area contributed by atoms with E-state index in [4.69, 9.17) is 4.74 Å². The van der Waals surface area contributed by atoms with Gasteiger partial charge in [-0.25, -0.2) is 0 Å². The Balaban J connectivity index is 1.51. The second-order valence-electron chi connectivity index (χ2n) is 10.4. The first-order valence-electron chi connectivity index (χ1n) is 11.2. The van der Waals surface area contributed by atoms with Crippen LogP contribution in [0.4, 0.5) is 13.2 Å². The third-order valence-electron chi connectivity index (χ3n) is 8.94. The number of esters is 1. The molecule has 3 fully saturated rings. The van der Waals surface area contributed by atoms with Crippen molar-refractivity contribution in [2.45, 2.75) is 83.8 Å². The minimum absolute atomic E-state index is 0.0262. The van der Waals surface area contributed by atoms with Crippen LogP contribution >= 0.6 is 0 Å². The van der Waals surface area contributed by atoms with Crippen LogP contribution in [0.2, 0.25) is 0 Å². The molecule has 0 bridgehead atoms. The van der Waals surface area contributed by atoms with Gasteiger partial charge in [0.2, 0.25) is 0 Å². The fourth-order valence-electron chi connectivity index (χ4n) is 7.38. The maximum Gasteiger partial charge on any atom is 0.534 e. The van der Waals surface area contributed by atoms with Crippen molar-refractivity contribution in [3.8, 4) is 0 Å². The van der Waals surface area contributed by atoms with Crippen LogP contribution in [0.1, 0.15) is 72.1 Å². The Morgan fingerprint density at radius 3 is 2.45 bits per heavy atom. The van der Waals surface area contributed by atoms with Gasteiger partial charge in [-0.15, -0.1) is 0 Å². The average molecular weight is 465 g/mol. The molecule has 3 saturated carbocycles. The first-order valence-corrected chi connectivity index (χ1v) is 12.6. The van der Waals surface area contributed by atoms with E-state index in [1.165, 1.54) is 6.92 Å². The number of allylic oxidation sites excluding steroid dienone is 2. The maximum atomic E-state index is 12.9. The van der Waals surface area contributed by atoms with Crippen molar-refractivity contribution < 1.29 is 35.3 Å². The molecule has 9 heteroatoms. The van der Waals surface area contributed by atoms with Gasteiger partial charge in [-0.2, -0.15) is 21.6 Å². The summed E-state index contributed by atoms with van der Waals surface area (Å²) in [5.41, 5.74) is -5.99. The predicted octanol–water partition coefficient (Wildman–Crippen LogP) is 5.32. The Labute approximate surface area is 181 Å². The van der Waals surface area contributed by atoms with Crippen LogP contribution in [-0.4, -0.2) is 26.0 Å². The first-order chi connectivity index (χ1) is 14.3. The highest BCUT2D eigenvalue weighted by molar-refractivity contribution is 7.87. The van der Waals surface area contributed by atoms with Gasteiger partial charge in [-0.1, -0.05) is 13.8 Å². The van der Waals surface area contributed by atoms with Gasteiger partial charge >= 0.3 is 21.6 Å². The molecule has 31 heavy (non-hydrogen) atoms. The van der Waals surface area contributed by atoms with Crippen LogP contribution in [0, 0.1) is 34.5 Å². The topological polar surface area (TPSA) is 69.7 Å². The Morgan fingerprint density at radius 1 is 1.10 bits per heavy atom. The zero-order valence-corrected chi connectivity index (χ0v) is 19.0. The third kappa shape index (κ3) is 3.68. The van der Waals surface area contributed by atoms with Gasteiger partial charge in [0, 0.05) is 12.3 Å². The largest absolute Gasteiger partial charge is 0.534 e. The third-order valence-corrected chi connectivity index (χ3v) is 9.91. The van der Waals surface area contributed by atoms with Gasteiger partial charge in [-0.05, 0) is 86.5 Å². The molecule has 0 aliphatic heterocycles. The molecule has 4 aliphatic carbocycles. The van der Waals surface area contributed by atoms with Crippen LogP contribution in [0.5, 0.6) is 0 Å². The average Bonchev–Trinajstić information content (AvgIpc) is 2.96. The molecule has 5 nitrogen and oxygen atoms in total. The number of carbonyl (C=O) groups is 1. The minimum Gasteiger partial charge on any atom is -0.463 e. The number of rotatable bonds is 3. The van der Waals surface area contributed by atoms with E-state index in [0.717, 1.165) is 38.5 Å². The summed E-state index contributed by atoms with van der Waals surface area (Å²) in [6, 6.07) is 0. The van der Waals surface area contributed by atoms with E-state index >= 15 is 0 Å². The first kappa shape index (κ1) is 22.9. The van der Waals surface area contributed by atoms with Gasteiger partial charge in [0.25, 0.3) is 0 Å². The summed E-state index contributed by atoms with van der Waals surface area (Å²) in [6.07, 6.45) is 8.21. The molecule has 176 valence electrons. The van der Waals surface area contributed by atoms with E-state index in [9.17, 15) is 26.4 Å². The van der Waals surface area contributed by atoms with Crippen molar-refractivity contribution in [2.24, 2.45) is 34.5 Å². The molecule has 7 atom stereocenters. The lowest BCUT2D eigenvalue weighted by Crippen LogP contribution is -2.54. The smallest absolute Gasteiger partial charge is 0.463 e. The zero-order chi connectivity index (χ0) is 22.8. The van der Waals surface area contributed by atoms with E-state index in [1.807, 2.05) is 6.92 Å². The van der Waals surface area contributed by atoms with Crippen LogP contribution in [0.25, 0.3) is 0 Å². The number of halogens is 3. The number of fused-ring (bicyclic) bond motifs is 5. The van der Waals surface area contributed by atoms with Gasteiger partial charge in [-0.3, -0.25) is 4.79 Å². The van der Waals surface area contributed by atoms with Crippen molar-refractivity contribution in [1.82, 2.24) is 0 Å². The van der Waals surface area contributed by atoms with Crippen LogP contribution in [-0.2, 0) is 23.8 Å². The molecule has 0 heterocycles. The summed E-state index contributed by atoms with van der Waals surface area (Å²) >= 11 is 0. The van der Waals surface area contributed by atoms with E-state index in [2.05, 4.69) is 11.1 Å². The number of alkyl halides is 3. The lowest BCUT2D eigenvalue weighted by Gasteiger charge is -2.60. The highest BCUT2D eigenvalue weighted by atomic mass is 32.2. The Bertz CT molecular complexity index is 882. The molecule has 0 N–H and O–H groups in total. The molecular weight excluding hydrogens is 433 g/mol. The number of ether oxygens (including phenoxy) is 1. The summed E-state index contributed by atoms with van der Waals surface area (Å²) < 4.78 is 72.0. The number of carbonyl (C=O) groups excluding carboxylic acids is 1. The van der Waals surface area contributed by atoms with Crippen LogP contribution < -0.4 is 0 Å². The van der Waals surface area contributed by atoms with E-state index in [-0.39, 0.29) is 29.2 Å². The molecule has 0 spiro atoms. The SMILES string of the molecule is CC(=O)O[C@@H]1CC[C@]2(C)C3CC[C@]4(C)C(OS(=O)(=O)C(F)(F)F)=CCC4C3CC[C@H]2C1. The predicted molar refractivity (Wildman–Crippen MR) is 107 cm³/mol. The van der Waals surface area contributed by atoms with Gasteiger partial charge < -0.3 is 8.92 Å². The Hall–Kier alpha value is -1.25. The summed E-state index contributed by atoms with van der Waals surface area (Å²) in [5, 5.41) is 0. The van der Waals surface area contributed by atoms with Crippen molar-refractivity contribution in [3.05, 3.63) is 11.8 Å². The quantitative estimate of drug-likeness (QED) is 0.321. The van der Waals surface area contributed by atoms with Gasteiger partial charge in [0.1, 0.15) is 11.9 Å². The van der Waals surface area contributed by atoms with Crippen molar-refractivity contribution >= 4 is 16.1 Å². The minimum atomic E-state index is -5.66. The maximum absolute atomic E-state index is 12.9. The number of hydrogen-bond donors (Lipinski definition) is 0.